The lowest BCUT2D eigenvalue weighted by molar-refractivity contribution is 0.327. The molecule has 0 spiro atoms. The summed E-state index contributed by atoms with van der Waals surface area (Å²) in [5.41, 5.74) is 1.58. The Balaban J connectivity index is 2.78. The number of aromatic amines is 1. The molecule has 1 aromatic heterocycles. The first-order valence-corrected chi connectivity index (χ1v) is 4.43. The van der Waals surface area contributed by atoms with E-state index in [1.54, 1.807) is 27.7 Å². The van der Waals surface area contributed by atoms with Crippen LogP contribution in [-0.4, -0.2) is 31.3 Å². The van der Waals surface area contributed by atoms with Gasteiger partial charge in [0.15, 0.2) is 11.5 Å². The van der Waals surface area contributed by atoms with Gasteiger partial charge in [0, 0.05) is 6.07 Å². The van der Waals surface area contributed by atoms with Crippen molar-refractivity contribution in [3.63, 3.8) is 0 Å². The summed E-state index contributed by atoms with van der Waals surface area (Å²) in [6, 6.07) is 1.82. The second-order valence-electron chi connectivity index (χ2n) is 2.94. The minimum absolute atomic E-state index is 0.555. The van der Waals surface area contributed by atoms with E-state index >= 15 is 0 Å². The van der Waals surface area contributed by atoms with Gasteiger partial charge in [-0.2, -0.15) is 0 Å². The second kappa shape index (κ2) is 3.68. The van der Waals surface area contributed by atoms with Crippen LogP contribution >= 0.6 is 0 Å². The molecule has 0 aliphatic carbocycles. The van der Waals surface area contributed by atoms with Gasteiger partial charge in [-0.1, -0.05) is 0 Å². The molecule has 1 aromatic carbocycles. The number of nitrogens with one attached hydrogen (secondary N) is 1. The molecule has 0 fully saturated rings. The highest BCUT2D eigenvalue weighted by atomic mass is 16.5. The first-order chi connectivity index (χ1) is 7.31. The molecule has 15 heavy (non-hydrogen) atoms. The van der Waals surface area contributed by atoms with Crippen molar-refractivity contribution in [3.8, 4) is 17.2 Å². The van der Waals surface area contributed by atoms with Crippen LogP contribution in [0.15, 0.2) is 12.4 Å². The SMILES string of the molecule is COc1cc2[nH]cnc2c(OC)c1OC. The van der Waals surface area contributed by atoms with Crippen molar-refractivity contribution < 1.29 is 14.2 Å². The molecule has 0 aliphatic rings. The molecule has 2 aromatic rings. The lowest BCUT2D eigenvalue weighted by Crippen LogP contribution is -1.95. The van der Waals surface area contributed by atoms with Crippen LogP contribution in [0.3, 0.4) is 0 Å². The topological polar surface area (TPSA) is 56.4 Å². The molecule has 0 atom stereocenters. The maximum absolute atomic E-state index is 5.26. The maximum atomic E-state index is 5.26. The quantitative estimate of drug-likeness (QED) is 0.832. The summed E-state index contributed by atoms with van der Waals surface area (Å²) in [7, 11) is 4.73. The van der Waals surface area contributed by atoms with E-state index in [1.165, 1.54) is 0 Å². The van der Waals surface area contributed by atoms with Crippen molar-refractivity contribution in [1.82, 2.24) is 9.97 Å². The van der Waals surface area contributed by atoms with Gasteiger partial charge < -0.3 is 19.2 Å². The first kappa shape index (κ1) is 9.64. The minimum atomic E-state index is 0.555. The Morgan fingerprint density at radius 1 is 1.07 bits per heavy atom. The van der Waals surface area contributed by atoms with Gasteiger partial charge in [-0.25, -0.2) is 4.98 Å². The van der Waals surface area contributed by atoms with E-state index in [2.05, 4.69) is 9.97 Å². The molecule has 0 bridgehead atoms. The van der Waals surface area contributed by atoms with Crippen molar-refractivity contribution in [1.29, 1.82) is 0 Å². The fourth-order valence-corrected chi connectivity index (χ4v) is 1.55. The summed E-state index contributed by atoms with van der Waals surface area (Å²) in [5.74, 6) is 1.75. The number of hydrogen-bond acceptors (Lipinski definition) is 4. The van der Waals surface area contributed by atoms with Crippen molar-refractivity contribution in [2.45, 2.75) is 0 Å². The third-order valence-corrected chi connectivity index (χ3v) is 2.22. The third-order valence-electron chi connectivity index (χ3n) is 2.22. The summed E-state index contributed by atoms with van der Waals surface area (Å²) in [5, 5.41) is 0. The largest absolute Gasteiger partial charge is 0.493 e. The Morgan fingerprint density at radius 3 is 2.40 bits per heavy atom. The first-order valence-electron chi connectivity index (χ1n) is 4.43. The van der Waals surface area contributed by atoms with E-state index in [0.29, 0.717) is 17.2 Å². The average molecular weight is 208 g/mol. The van der Waals surface area contributed by atoms with Crippen LogP contribution in [0.1, 0.15) is 0 Å². The van der Waals surface area contributed by atoms with E-state index in [4.69, 9.17) is 14.2 Å². The number of methoxy groups -OCH3 is 3. The van der Waals surface area contributed by atoms with Crippen molar-refractivity contribution in [2.75, 3.05) is 21.3 Å². The molecule has 0 unspecified atom stereocenters. The summed E-state index contributed by atoms with van der Waals surface area (Å²) < 4.78 is 15.7. The molecule has 5 heteroatoms. The Labute approximate surface area is 87.0 Å². The van der Waals surface area contributed by atoms with Gasteiger partial charge in [0.1, 0.15) is 5.52 Å². The van der Waals surface area contributed by atoms with Crippen LogP contribution in [0, 0.1) is 0 Å². The molecular weight excluding hydrogens is 196 g/mol. The van der Waals surface area contributed by atoms with Crippen LogP contribution in [0.4, 0.5) is 0 Å². The number of benzene rings is 1. The zero-order valence-corrected chi connectivity index (χ0v) is 8.83. The molecule has 5 nitrogen and oxygen atoms in total. The number of imidazole rings is 1. The van der Waals surface area contributed by atoms with Crippen molar-refractivity contribution in [3.05, 3.63) is 12.4 Å². The Hall–Kier alpha value is -1.91. The molecule has 0 saturated heterocycles. The number of nitrogens with zero attached hydrogens (tertiary/aromatic N) is 1. The van der Waals surface area contributed by atoms with Gasteiger partial charge in [0.2, 0.25) is 5.75 Å². The predicted octanol–water partition coefficient (Wildman–Crippen LogP) is 1.59. The molecule has 0 amide bonds. The molecule has 1 N–H and O–H groups in total. The number of rotatable bonds is 3. The molecule has 2 rings (SSSR count). The van der Waals surface area contributed by atoms with Crippen LogP contribution in [-0.2, 0) is 0 Å². The lowest BCUT2D eigenvalue weighted by Gasteiger charge is -2.11. The monoisotopic (exact) mass is 208 g/mol. The summed E-state index contributed by atoms with van der Waals surface area (Å²) in [4.78, 5) is 7.15. The van der Waals surface area contributed by atoms with Gasteiger partial charge in [-0.05, 0) is 0 Å². The van der Waals surface area contributed by atoms with Crippen LogP contribution in [0.2, 0.25) is 0 Å². The highest BCUT2D eigenvalue weighted by molar-refractivity contribution is 5.87. The molecule has 1 heterocycles. The predicted molar refractivity (Wildman–Crippen MR) is 55.7 cm³/mol. The van der Waals surface area contributed by atoms with Gasteiger partial charge in [-0.3, -0.25) is 0 Å². The normalized spacial score (nSPS) is 10.3. The Bertz CT molecular complexity index is 479. The zero-order valence-electron chi connectivity index (χ0n) is 8.83. The van der Waals surface area contributed by atoms with Gasteiger partial charge in [-0.15, -0.1) is 0 Å². The number of hydrogen-bond donors (Lipinski definition) is 1. The maximum Gasteiger partial charge on any atom is 0.205 e. The smallest absolute Gasteiger partial charge is 0.205 e. The second-order valence-corrected chi connectivity index (χ2v) is 2.94. The highest BCUT2D eigenvalue weighted by Gasteiger charge is 2.16. The standard InChI is InChI=1S/C10H12N2O3/c1-13-7-4-6-8(12-5-11-6)10(15-3)9(7)14-2/h4-5H,1-3H3,(H,11,12). The van der Waals surface area contributed by atoms with E-state index < -0.39 is 0 Å². The number of aromatic nitrogens is 2. The Kier molecular flexibility index (Phi) is 2.37. The van der Waals surface area contributed by atoms with Crippen molar-refractivity contribution in [2.24, 2.45) is 0 Å². The van der Waals surface area contributed by atoms with Crippen LogP contribution in [0.5, 0.6) is 17.2 Å². The van der Waals surface area contributed by atoms with Gasteiger partial charge in [0.05, 0.1) is 33.2 Å². The molecular formula is C10H12N2O3. The Morgan fingerprint density at radius 2 is 1.80 bits per heavy atom. The summed E-state index contributed by atoms with van der Waals surface area (Å²) in [6.07, 6.45) is 1.60. The molecule has 80 valence electrons. The fraction of sp³-hybridized carbons (Fsp3) is 0.300. The number of fused-ring (bicyclic) bond motifs is 1. The van der Waals surface area contributed by atoms with Gasteiger partial charge >= 0.3 is 0 Å². The summed E-state index contributed by atoms with van der Waals surface area (Å²) in [6.45, 7) is 0. The zero-order chi connectivity index (χ0) is 10.8. The van der Waals surface area contributed by atoms with E-state index in [9.17, 15) is 0 Å². The third kappa shape index (κ3) is 1.36. The average Bonchev–Trinajstić information content (AvgIpc) is 2.73. The van der Waals surface area contributed by atoms with Gasteiger partial charge in [0.25, 0.3) is 0 Å². The highest BCUT2D eigenvalue weighted by Crippen LogP contribution is 2.41. The van der Waals surface area contributed by atoms with Crippen molar-refractivity contribution >= 4 is 11.0 Å². The minimum Gasteiger partial charge on any atom is -0.493 e. The van der Waals surface area contributed by atoms with Crippen LogP contribution in [0.25, 0.3) is 11.0 Å². The van der Waals surface area contributed by atoms with E-state index in [-0.39, 0.29) is 0 Å². The number of H-pyrrole nitrogens is 1. The van der Waals surface area contributed by atoms with E-state index in [1.807, 2.05) is 6.07 Å². The fourth-order valence-electron chi connectivity index (χ4n) is 1.55. The van der Waals surface area contributed by atoms with E-state index in [0.717, 1.165) is 11.0 Å². The molecule has 0 radical (unpaired) electrons. The lowest BCUT2D eigenvalue weighted by atomic mass is 10.2. The van der Waals surface area contributed by atoms with Crippen LogP contribution < -0.4 is 14.2 Å². The molecule has 0 aliphatic heterocycles. The summed E-state index contributed by atoms with van der Waals surface area (Å²) >= 11 is 0. The molecule has 0 saturated carbocycles. The number of ether oxygens (including phenoxy) is 3.